The topological polar surface area (TPSA) is 107 Å². The van der Waals surface area contributed by atoms with Crippen molar-refractivity contribution in [2.75, 3.05) is 21.3 Å². The van der Waals surface area contributed by atoms with E-state index in [1.165, 1.54) is 53.4 Å². The van der Waals surface area contributed by atoms with Crippen molar-refractivity contribution in [2.45, 2.75) is 13.8 Å². The fourth-order valence-electron chi connectivity index (χ4n) is 3.02. The molecule has 0 spiro atoms. The smallest absolute Gasteiger partial charge is 0.308 e. The van der Waals surface area contributed by atoms with Gasteiger partial charge in [-0.2, -0.15) is 0 Å². The normalized spacial score (nSPS) is 13.3. The molecule has 1 aliphatic heterocycles. The Hall–Kier alpha value is -4.01. The second kappa shape index (κ2) is 8.78. The third-order valence-electron chi connectivity index (χ3n) is 4.24. The van der Waals surface area contributed by atoms with Crippen molar-refractivity contribution in [3.05, 3.63) is 41.2 Å². The highest BCUT2D eigenvalue weighted by Crippen LogP contribution is 2.46. The molecular weight excluding hydrogens is 408 g/mol. The van der Waals surface area contributed by atoms with Gasteiger partial charge in [0.15, 0.2) is 28.8 Å². The molecule has 9 nitrogen and oxygen atoms in total. The summed E-state index contributed by atoms with van der Waals surface area (Å²) >= 11 is 0. The molecule has 0 bridgehead atoms. The number of fused-ring (bicyclic) bond motifs is 1. The van der Waals surface area contributed by atoms with Gasteiger partial charge in [0.2, 0.25) is 17.3 Å². The average molecular weight is 428 g/mol. The van der Waals surface area contributed by atoms with Crippen molar-refractivity contribution in [1.29, 1.82) is 0 Å². The third kappa shape index (κ3) is 4.30. The van der Waals surface area contributed by atoms with E-state index in [0.717, 1.165) is 0 Å². The van der Waals surface area contributed by atoms with E-state index in [1.54, 1.807) is 12.1 Å². The SMILES string of the molecule is COc1cc(/C=C2\Oc3c(ccc(OC(C)=O)c3OC(C)=O)C2=O)cc(OC)c1OC. The van der Waals surface area contributed by atoms with Gasteiger partial charge < -0.3 is 28.4 Å². The lowest BCUT2D eigenvalue weighted by molar-refractivity contribution is -0.134. The average Bonchev–Trinajstić information content (AvgIpc) is 3.04. The molecule has 1 aliphatic rings. The minimum absolute atomic E-state index is 0.0161. The number of esters is 2. The van der Waals surface area contributed by atoms with Crippen LogP contribution in [0.3, 0.4) is 0 Å². The van der Waals surface area contributed by atoms with Crippen LogP contribution in [-0.2, 0) is 9.59 Å². The second-order valence-electron chi connectivity index (χ2n) is 6.36. The molecule has 9 heteroatoms. The molecule has 0 N–H and O–H groups in total. The third-order valence-corrected chi connectivity index (χ3v) is 4.24. The van der Waals surface area contributed by atoms with Crippen LogP contribution in [0.4, 0.5) is 0 Å². The maximum atomic E-state index is 12.9. The van der Waals surface area contributed by atoms with Crippen molar-refractivity contribution >= 4 is 23.8 Å². The zero-order chi connectivity index (χ0) is 22.7. The number of carbonyl (C=O) groups excluding carboxylic acids is 3. The number of benzene rings is 2. The highest BCUT2D eigenvalue weighted by atomic mass is 16.6. The number of carbonyl (C=O) groups is 3. The summed E-state index contributed by atoms with van der Waals surface area (Å²) in [6.07, 6.45) is 1.48. The molecule has 1 heterocycles. The number of allylic oxidation sites excluding steroid dienone is 1. The fraction of sp³-hybridized carbons (Fsp3) is 0.227. The molecule has 162 valence electrons. The van der Waals surface area contributed by atoms with Crippen LogP contribution in [0.5, 0.6) is 34.5 Å². The molecule has 0 saturated carbocycles. The van der Waals surface area contributed by atoms with Crippen molar-refractivity contribution in [3.8, 4) is 34.5 Å². The quantitative estimate of drug-likeness (QED) is 0.389. The largest absolute Gasteiger partial charge is 0.493 e. The van der Waals surface area contributed by atoms with Gasteiger partial charge in [0.05, 0.1) is 26.9 Å². The van der Waals surface area contributed by atoms with E-state index in [-0.39, 0.29) is 28.6 Å². The molecule has 0 unspecified atom stereocenters. The van der Waals surface area contributed by atoms with Gasteiger partial charge in [-0.15, -0.1) is 0 Å². The first-order chi connectivity index (χ1) is 14.8. The number of methoxy groups -OCH3 is 3. The van der Waals surface area contributed by atoms with Gasteiger partial charge in [0.25, 0.3) is 0 Å². The maximum Gasteiger partial charge on any atom is 0.308 e. The summed E-state index contributed by atoms with van der Waals surface area (Å²) in [5.41, 5.74) is 0.700. The van der Waals surface area contributed by atoms with Gasteiger partial charge in [-0.05, 0) is 35.9 Å². The van der Waals surface area contributed by atoms with Gasteiger partial charge >= 0.3 is 11.9 Å². The molecule has 0 aromatic heterocycles. The highest BCUT2D eigenvalue weighted by Gasteiger charge is 2.33. The minimum Gasteiger partial charge on any atom is -0.493 e. The zero-order valence-electron chi connectivity index (χ0n) is 17.6. The van der Waals surface area contributed by atoms with Crippen LogP contribution in [0.25, 0.3) is 6.08 Å². The first kappa shape index (κ1) is 21.7. The minimum atomic E-state index is -0.667. The van der Waals surface area contributed by atoms with Gasteiger partial charge in [0, 0.05) is 13.8 Å². The summed E-state index contributed by atoms with van der Waals surface area (Å²) in [6, 6.07) is 6.08. The molecule has 2 aromatic carbocycles. The molecule has 2 aromatic rings. The standard InChI is InChI=1S/C22H20O9/c1-11(23)29-15-7-6-14-19(25)16(31-20(14)22(15)30-12(2)24)8-13-9-17(26-3)21(28-5)18(10-13)27-4/h6-10H,1-5H3/b16-8-. The summed E-state index contributed by atoms with van der Waals surface area (Å²) in [5, 5.41) is 0. The monoisotopic (exact) mass is 428 g/mol. The van der Waals surface area contributed by atoms with Crippen LogP contribution in [0.15, 0.2) is 30.0 Å². The Balaban J connectivity index is 2.07. The number of rotatable bonds is 6. The van der Waals surface area contributed by atoms with Crippen LogP contribution in [0.1, 0.15) is 29.8 Å². The lowest BCUT2D eigenvalue weighted by Gasteiger charge is -2.13. The molecular formula is C22H20O9. The first-order valence-electron chi connectivity index (χ1n) is 9.07. The fourth-order valence-corrected chi connectivity index (χ4v) is 3.02. The van der Waals surface area contributed by atoms with E-state index in [9.17, 15) is 14.4 Å². The number of Topliss-reactive ketones (excluding diaryl/α,β-unsaturated/α-hetero) is 1. The summed E-state index contributed by atoms with van der Waals surface area (Å²) in [6.45, 7) is 2.38. The Morgan fingerprint density at radius 3 is 1.97 bits per heavy atom. The Morgan fingerprint density at radius 2 is 1.45 bits per heavy atom. The van der Waals surface area contributed by atoms with Gasteiger partial charge in [-0.25, -0.2) is 0 Å². The van der Waals surface area contributed by atoms with Gasteiger partial charge in [0.1, 0.15) is 0 Å². The highest BCUT2D eigenvalue weighted by molar-refractivity contribution is 6.15. The second-order valence-corrected chi connectivity index (χ2v) is 6.36. The Morgan fingerprint density at radius 1 is 0.839 bits per heavy atom. The molecule has 0 fully saturated rings. The lowest BCUT2D eigenvalue weighted by Crippen LogP contribution is -2.08. The predicted molar refractivity (Wildman–Crippen MR) is 108 cm³/mol. The summed E-state index contributed by atoms with van der Waals surface area (Å²) in [4.78, 5) is 35.8. The molecule has 0 radical (unpaired) electrons. The lowest BCUT2D eigenvalue weighted by atomic mass is 10.1. The van der Waals surface area contributed by atoms with Crippen molar-refractivity contribution in [1.82, 2.24) is 0 Å². The number of hydrogen-bond donors (Lipinski definition) is 0. The maximum absolute atomic E-state index is 12.9. The van der Waals surface area contributed by atoms with E-state index in [1.807, 2.05) is 0 Å². The van der Waals surface area contributed by atoms with E-state index in [0.29, 0.717) is 22.8 Å². The summed E-state index contributed by atoms with van der Waals surface area (Å²) < 4.78 is 31.9. The van der Waals surface area contributed by atoms with Gasteiger partial charge in [-0.3, -0.25) is 14.4 Å². The summed E-state index contributed by atoms with van der Waals surface area (Å²) in [7, 11) is 4.43. The number of ketones is 1. The molecule has 3 rings (SSSR count). The number of ether oxygens (including phenoxy) is 6. The zero-order valence-corrected chi connectivity index (χ0v) is 17.6. The van der Waals surface area contributed by atoms with Crippen LogP contribution < -0.4 is 28.4 Å². The Labute approximate surface area is 178 Å². The van der Waals surface area contributed by atoms with E-state index in [4.69, 9.17) is 28.4 Å². The Kier molecular flexibility index (Phi) is 6.15. The van der Waals surface area contributed by atoms with Crippen LogP contribution in [0, 0.1) is 0 Å². The van der Waals surface area contributed by atoms with Gasteiger partial charge in [-0.1, -0.05) is 0 Å². The Bertz CT molecular complexity index is 1070. The molecule has 0 aliphatic carbocycles. The first-order valence-corrected chi connectivity index (χ1v) is 9.07. The molecule has 0 atom stereocenters. The number of hydrogen-bond acceptors (Lipinski definition) is 9. The molecule has 0 saturated heterocycles. The van der Waals surface area contributed by atoms with Crippen molar-refractivity contribution in [2.24, 2.45) is 0 Å². The van der Waals surface area contributed by atoms with E-state index in [2.05, 4.69) is 0 Å². The van der Waals surface area contributed by atoms with Crippen LogP contribution >= 0.6 is 0 Å². The van der Waals surface area contributed by atoms with Crippen LogP contribution in [0.2, 0.25) is 0 Å². The van der Waals surface area contributed by atoms with Crippen molar-refractivity contribution in [3.63, 3.8) is 0 Å². The van der Waals surface area contributed by atoms with E-state index >= 15 is 0 Å². The van der Waals surface area contributed by atoms with Crippen LogP contribution in [-0.4, -0.2) is 39.1 Å². The predicted octanol–water partition coefficient (Wildman–Crippen LogP) is 3.18. The van der Waals surface area contributed by atoms with E-state index < -0.39 is 17.7 Å². The molecule has 0 amide bonds. The van der Waals surface area contributed by atoms with Crippen molar-refractivity contribution < 1.29 is 42.8 Å². The molecule has 31 heavy (non-hydrogen) atoms. The summed E-state index contributed by atoms with van der Waals surface area (Å²) in [5.74, 6) is -0.765.